The van der Waals surface area contributed by atoms with Gasteiger partial charge in [-0.3, -0.25) is 4.79 Å². The van der Waals surface area contributed by atoms with Gasteiger partial charge in [0.1, 0.15) is 15.8 Å². The van der Waals surface area contributed by atoms with Gasteiger partial charge in [-0.2, -0.15) is 0 Å². The van der Waals surface area contributed by atoms with Crippen molar-refractivity contribution in [3.63, 3.8) is 0 Å². The molecule has 94 valence electrons. The third kappa shape index (κ3) is 3.10. The van der Waals surface area contributed by atoms with Gasteiger partial charge in [0.2, 0.25) is 0 Å². The Morgan fingerprint density at radius 3 is 2.83 bits per heavy atom. The Morgan fingerprint density at radius 2 is 2.17 bits per heavy atom. The van der Waals surface area contributed by atoms with E-state index in [1.807, 2.05) is 6.92 Å². The highest BCUT2D eigenvalue weighted by atomic mass is 32.1. The van der Waals surface area contributed by atoms with E-state index in [9.17, 15) is 9.18 Å². The first kappa shape index (κ1) is 12.6. The second-order valence-corrected chi connectivity index (χ2v) is 4.97. The average molecular weight is 265 g/mol. The zero-order valence-corrected chi connectivity index (χ0v) is 10.6. The number of nitrogens with zero attached hydrogens (tertiary/aromatic N) is 2. The van der Waals surface area contributed by atoms with Crippen LogP contribution in [0.4, 0.5) is 4.39 Å². The molecule has 2 aromatic rings. The lowest BCUT2D eigenvalue weighted by Crippen LogP contribution is -2.26. The van der Waals surface area contributed by atoms with E-state index in [2.05, 4.69) is 15.5 Å². The second-order valence-electron chi connectivity index (χ2n) is 3.70. The lowest BCUT2D eigenvalue weighted by molar-refractivity contribution is 0.0950. The summed E-state index contributed by atoms with van der Waals surface area (Å²) in [7, 11) is 0. The maximum atomic E-state index is 13.3. The second kappa shape index (κ2) is 5.68. The van der Waals surface area contributed by atoms with E-state index in [-0.39, 0.29) is 5.56 Å². The Morgan fingerprint density at radius 1 is 1.39 bits per heavy atom. The van der Waals surface area contributed by atoms with Crippen LogP contribution < -0.4 is 5.32 Å². The molecule has 0 unspecified atom stereocenters. The van der Waals surface area contributed by atoms with Crippen LogP contribution in [0.3, 0.4) is 0 Å². The van der Waals surface area contributed by atoms with Crippen molar-refractivity contribution in [2.75, 3.05) is 6.54 Å². The number of amides is 1. The van der Waals surface area contributed by atoms with E-state index < -0.39 is 11.7 Å². The van der Waals surface area contributed by atoms with Crippen LogP contribution in [0.2, 0.25) is 0 Å². The third-order valence-electron chi connectivity index (χ3n) is 2.31. The Balaban J connectivity index is 1.87. The molecule has 0 bridgehead atoms. The predicted molar refractivity (Wildman–Crippen MR) is 67.1 cm³/mol. The topological polar surface area (TPSA) is 54.9 Å². The smallest absolute Gasteiger partial charge is 0.254 e. The van der Waals surface area contributed by atoms with Gasteiger partial charge in [0, 0.05) is 13.0 Å². The van der Waals surface area contributed by atoms with E-state index in [0.29, 0.717) is 13.0 Å². The quantitative estimate of drug-likeness (QED) is 0.919. The van der Waals surface area contributed by atoms with Gasteiger partial charge in [0.05, 0.1) is 5.56 Å². The first-order valence-electron chi connectivity index (χ1n) is 5.48. The summed E-state index contributed by atoms with van der Waals surface area (Å²) in [5.41, 5.74) is 0.0611. The highest BCUT2D eigenvalue weighted by molar-refractivity contribution is 7.11. The van der Waals surface area contributed by atoms with Crippen molar-refractivity contribution in [3.8, 4) is 0 Å². The number of nitrogens with one attached hydrogen (secondary N) is 1. The summed E-state index contributed by atoms with van der Waals surface area (Å²) in [5, 5.41) is 12.2. The number of halogens is 1. The van der Waals surface area contributed by atoms with Crippen molar-refractivity contribution in [3.05, 3.63) is 45.7 Å². The first-order chi connectivity index (χ1) is 8.66. The number of carbonyl (C=O) groups is 1. The molecule has 0 aliphatic heterocycles. The van der Waals surface area contributed by atoms with Crippen LogP contribution in [0.5, 0.6) is 0 Å². The van der Waals surface area contributed by atoms with Gasteiger partial charge >= 0.3 is 0 Å². The Kier molecular flexibility index (Phi) is 3.99. The molecule has 0 spiro atoms. The van der Waals surface area contributed by atoms with Crippen molar-refractivity contribution in [1.82, 2.24) is 15.5 Å². The number of hydrogen-bond acceptors (Lipinski definition) is 4. The molecule has 0 aliphatic rings. The minimum atomic E-state index is -0.512. The standard InChI is InChI=1S/C12H12FN3OS/c1-8-15-16-11(18-8)6-7-14-12(17)9-4-2-3-5-10(9)13/h2-5H,6-7H2,1H3,(H,14,17). The van der Waals surface area contributed by atoms with E-state index in [0.717, 1.165) is 10.0 Å². The van der Waals surface area contributed by atoms with Gasteiger partial charge in [0.15, 0.2) is 0 Å². The normalized spacial score (nSPS) is 10.3. The lowest BCUT2D eigenvalue weighted by atomic mass is 10.2. The van der Waals surface area contributed by atoms with Gasteiger partial charge in [-0.25, -0.2) is 4.39 Å². The Hall–Kier alpha value is -1.82. The van der Waals surface area contributed by atoms with E-state index >= 15 is 0 Å². The molecule has 0 saturated carbocycles. The Bertz CT molecular complexity index is 556. The van der Waals surface area contributed by atoms with Crippen LogP contribution in [0.15, 0.2) is 24.3 Å². The highest BCUT2D eigenvalue weighted by Gasteiger charge is 2.10. The van der Waals surface area contributed by atoms with Crippen LogP contribution in [-0.2, 0) is 6.42 Å². The van der Waals surface area contributed by atoms with Crippen molar-refractivity contribution in [1.29, 1.82) is 0 Å². The molecule has 2 rings (SSSR count). The van der Waals surface area contributed by atoms with Crippen molar-refractivity contribution in [2.45, 2.75) is 13.3 Å². The van der Waals surface area contributed by atoms with Gasteiger partial charge in [-0.15, -0.1) is 21.5 Å². The van der Waals surface area contributed by atoms with Crippen LogP contribution >= 0.6 is 11.3 Å². The fraction of sp³-hybridized carbons (Fsp3) is 0.250. The average Bonchev–Trinajstić information content (AvgIpc) is 2.75. The van der Waals surface area contributed by atoms with Crippen LogP contribution in [-0.4, -0.2) is 22.6 Å². The molecule has 0 radical (unpaired) electrons. The minimum absolute atomic E-state index is 0.0611. The van der Waals surface area contributed by atoms with E-state index in [1.54, 1.807) is 12.1 Å². The molecule has 0 atom stereocenters. The fourth-order valence-electron chi connectivity index (χ4n) is 1.46. The highest BCUT2D eigenvalue weighted by Crippen LogP contribution is 2.08. The van der Waals surface area contributed by atoms with Crippen molar-refractivity contribution in [2.24, 2.45) is 0 Å². The minimum Gasteiger partial charge on any atom is -0.352 e. The third-order valence-corrected chi connectivity index (χ3v) is 3.21. The first-order valence-corrected chi connectivity index (χ1v) is 6.30. The van der Waals surface area contributed by atoms with Gasteiger partial charge in [0.25, 0.3) is 5.91 Å². The molecule has 0 aliphatic carbocycles. The number of aromatic nitrogens is 2. The molecular weight excluding hydrogens is 253 g/mol. The summed E-state index contributed by atoms with van der Waals surface area (Å²) in [6.07, 6.45) is 0.603. The zero-order chi connectivity index (χ0) is 13.0. The molecule has 1 heterocycles. The molecule has 1 aromatic carbocycles. The summed E-state index contributed by atoms with van der Waals surface area (Å²) in [6.45, 7) is 2.29. The fourth-order valence-corrected chi connectivity index (χ4v) is 2.17. The van der Waals surface area contributed by atoms with E-state index in [4.69, 9.17) is 0 Å². The summed E-state index contributed by atoms with van der Waals surface area (Å²) in [4.78, 5) is 11.7. The molecule has 1 aromatic heterocycles. The maximum absolute atomic E-state index is 13.3. The van der Waals surface area contributed by atoms with Crippen molar-refractivity contribution < 1.29 is 9.18 Å². The lowest BCUT2D eigenvalue weighted by Gasteiger charge is -2.04. The molecule has 0 saturated heterocycles. The number of aryl methyl sites for hydroxylation is 1. The largest absolute Gasteiger partial charge is 0.352 e. The summed E-state index contributed by atoms with van der Waals surface area (Å²) in [6, 6.07) is 5.91. The van der Waals surface area contributed by atoms with Gasteiger partial charge in [-0.1, -0.05) is 12.1 Å². The van der Waals surface area contributed by atoms with Gasteiger partial charge < -0.3 is 5.32 Å². The van der Waals surface area contributed by atoms with Crippen LogP contribution in [0.25, 0.3) is 0 Å². The van der Waals surface area contributed by atoms with E-state index in [1.165, 1.54) is 23.5 Å². The summed E-state index contributed by atoms with van der Waals surface area (Å²) >= 11 is 1.49. The molecule has 4 nitrogen and oxygen atoms in total. The van der Waals surface area contributed by atoms with Crippen LogP contribution in [0, 0.1) is 12.7 Å². The monoisotopic (exact) mass is 265 g/mol. The summed E-state index contributed by atoms with van der Waals surface area (Å²) in [5.74, 6) is -0.920. The predicted octanol–water partition coefficient (Wildman–Crippen LogP) is 1.96. The molecule has 0 fully saturated rings. The maximum Gasteiger partial charge on any atom is 0.254 e. The SMILES string of the molecule is Cc1nnc(CCNC(=O)c2ccccc2F)s1. The molecule has 1 amide bonds. The number of rotatable bonds is 4. The molecular formula is C12H12FN3OS. The summed E-state index contributed by atoms with van der Waals surface area (Å²) < 4.78 is 13.3. The molecule has 6 heteroatoms. The van der Waals surface area contributed by atoms with Crippen LogP contribution in [0.1, 0.15) is 20.4 Å². The zero-order valence-electron chi connectivity index (χ0n) is 9.81. The number of hydrogen-bond donors (Lipinski definition) is 1. The molecule has 18 heavy (non-hydrogen) atoms. The Labute approximate surface area is 108 Å². The number of carbonyl (C=O) groups excluding carboxylic acids is 1. The molecule has 1 N–H and O–H groups in total. The van der Waals surface area contributed by atoms with Crippen molar-refractivity contribution >= 4 is 17.2 Å². The van der Waals surface area contributed by atoms with Gasteiger partial charge in [-0.05, 0) is 19.1 Å². The number of benzene rings is 1.